The molecule has 0 radical (unpaired) electrons. The molecule has 0 saturated carbocycles. The summed E-state index contributed by atoms with van der Waals surface area (Å²) in [5, 5.41) is 10.4. The summed E-state index contributed by atoms with van der Waals surface area (Å²) in [4.78, 5) is 12.7. The first-order chi connectivity index (χ1) is 14.9. The first-order valence-electron chi connectivity index (χ1n) is 9.47. The lowest BCUT2D eigenvalue weighted by atomic mass is 10.0. The monoisotopic (exact) mass is 433 g/mol. The van der Waals surface area contributed by atoms with E-state index < -0.39 is 9.84 Å². The second-order valence-corrected chi connectivity index (χ2v) is 9.01. The summed E-state index contributed by atoms with van der Waals surface area (Å²) in [6.07, 6.45) is 1.48. The molecule has 4 aromatic rings. The van der Waals surface area contributed by atoms with Gasteiger partial charge in [-0.05, 0) is 41.0 Å². The number of anilines is 1. The molecule has 0 spiro atoms. The van der Waals surface area contributed by atoms with Gasteiger partial charge in [-0.1, -0.05) is 59.7 Å². The maximum absolute atomic E-state index is 12.5. The second kappa shape index (κ2) is 8.53. The van der Waals surface area contributed by atoms with Crippen LogP contribution in [0.4, 0.5) is 6.01 Å². The van der Waals surface area contributed by atoms with Gasteiger partial charge in [0.1, 0.15) is 0 Å². The number of hydrogen-bond donors (Lipinski definition) is 1. The van der Waals surface area contributed by atoms with Gasteiger partial charge in [-0.2, -0.15) is 0 Å². The largest absolute Gasteiger partial charge is 0.407 e. The number of carbonyl (C=O) groups is 1. The maximum Gasteiger partial charge on any atom is 0.322 e. The lowest BCUT2D eigenvalue weighted by Crippen LogP contribution is -2.11. The number of hydrogen-bond acceptors (Lipinski definition) is 6. The number of aromatic nitrogens is 2. The summed E-state index contributed by atoms with van der Waals surface area (Å²) in [6, 6.07) is 23.5. The second-order valence-electron chi connectivity index (χ2n) is 6.99. The molecule has 0 aliphatic heterocycles. The van der Waals surface area contributed by atoms with Crippen molar-refractivity contribution in [2.75, 3.05) is 11.6 Å². The first-order valence-corrected chi connectivity index (χ1v) is 11.4. The van der Waals surface area contributed by atoms with E-state index in [0.717, 1.165) is 22.9 Å². The van der Waals surface area contributed by atoms with Gasteiger partial charge in [-0.3, -0.25) is 10.1 Å². The van der Waals surface area contributed by atoms with Crippen molar-refractivity contribution in [3.8, 4) is 11.1 Å². The quantitative estimate of drug-likeness (QED) is 0.493. The van der Waals surface area contributed by atoms with Crippen LogP contribution in [0.3, 0.4) is 0 Å². The summed E-state index contributed by atoms with van der Waals surface area (Å²) in [5.41, 5.74) is 3.36. The molecule has 1 N–H and O–H groups in total. The molecule has 156 valence electrons. The minimum atomic E-state index is -3.25. The van der Waals surface area contributed by atoms with Crippen molar-refractivity contribution >= 4 is 21.8 Å². The fraction of sp³-hybridized carbons (Fsp3) is 0.0870. The summed E-state index contributed by atoms with van der Waals surface area (Å²) < 4.78 is 28.6. The molecule has 1 aromatic heterocycles. The number of nitrogens with zero attached hydrogens (tertiary/aromatic N) is 2. The van der Waals surface area contributed by atoms with E-state index in [4.69, 9.17) is 4.42 Å². The highest BCUT2D eigenvalue weighted by Crippen LogP contribution is 2.20. The van der Waals surface area contributed by atoms with Crippen LogP contribution in [0, 0.1) is 0 Å². The van der Waals surface area contributed by atoms with Crippen LogP contribution < -0.4 is 5.32 Å². The molecule has 1 heterocycles. The number of rotatable bonds is 6. The van der Waals surface area contributed by atoms with E-state index in [1.54, 1.807) is 24.3 Å². The van der Waals surface area contributed by atoms with Crippen molar-refractivity contribution < 1.29 is 17.6 Å². The van der Waals surface area contributed by atoms with Crippen LogP contribution in [-0.4, -0.2) is 30.8 Å². The smallest absolute Gasteiger partial charge is 0.322 e. The average molecular weight is 433 g/mol. The fourth-order valence-electron chi connectivity index (χ4n) is 3.02. The van der Waals surface area contributed by atoms with Crippen LogP contribution in [0.15, 0.2) is 88.2 Å². The molecule has 8 heteroatoms. The van der Waals surface area contributed by atoms with Crippen LogP contribution >= 0.6 is 0 Å². The molecular formula is C23H19N3O4S. The summed E-state index contributed by atoms with van der Waals surface area (Å²) in [6.45, 7) is 0. The Hall–Kier alpha value is -3.78. The van der Waals surface area contributed by atoms with Gasteiger partial charge in [0.15, 0.2) is 9.84 Å². The summed E-state index contributed by atoms with van der Waals surface area (Å²) in [5.74, 6) is -0.0471. The van der Waals surface area contributed by atoms with Crippen molar-refractivity contribution in [1.29, 1.82) is 0 Å². The molecule has 7 nitrogen and oxygen atoms in total. The minimum Gasteiger partial charge on any atom is -0.407 e. The van der Waals surface area contributed by atoms with Gasteiger partial charge in [0.2, 0.25) is 5.89 Å². The molecule has 0 unspecified atom stereocenters. The van der Waals surface area contributed by atoms with Gasteiger partial charge in [-0.15, -0.1) is 5.10 Å². The highest BCUT2D eigenvalue weighted by atomic mass is 32.2. The number of sulfone groups is 1. The fourth-order valence-corrected chi connectivity index (χ4v) is 3.65. The van der Waals surface area contributed by atoms with Gasteiger partial charge in [-0.25, -0.2) is 8.42 Å². The number of carbonyl (C=O) groups excluding carboxylic acids is 1. The van der Waals surface area contributed by atoms with E-state index >= 15 is 0 Å². The molecule has 0 bridgehead atoms. The zero-order chi connectivity index (χ0) is 21.8. The van der Waals surface area contributed by atoms with Crippen molar-refractivity contribution in [1.82, 2.24) is 10.2 Å². The topological polar surface area (TPSA) is 102 Å². The Balaban J connectivity index is 1.40. The third kappa shape index (κ3) is 5.04. The summed E-state index contributed by atoms with van der Waals surface area (Å²) in [7, 11) is -3.25. The lowest BCUT2D eigenvalue weighted by Gasteiger charge is -2.04. The van der Waals surface area contributed by atoms with Crippen LogP contribution in [0.1, 0.15) is 21.8 Å². The predicted octanol–water partition coefficient (Wildman–Crippen LogP) is 3.98. The number of benzene rings is 3. The Morgan fingerprint density at radius 2 is 1.52 bits per heavy atom. The highest BCUT2D eigenvalue weighted by molar-refractivity contribution is 7.90. The van der Waals surface area contributed by atoms with Gasteiger partial charge in [0, 0.05) is 11.8 Å². The van der Waals surface area contributed by atoms with E-state index in [1.165, 1.54) is 12.1 Å². The molecule has 1 amide bonds. The SMILES string of the molecule is CS(=O)(=O)c1ccc(Cc2nnc(NC(=O)c3ccc(-c4ccccc4)cc3)o2)cc1. The Morgan fingerprint density at radius 1 is 0.871 bits per heavy atom. The molecule has 31 heavy (non-hydrogen) atoms. The molecule has 4 rings (SSSR count). The Kier molecular flexibility index (Phi) is 5.64. The van der Waals surface area contributed by atoms with Gasteiger partial charge >= 0.3 is 6.01 Å². The van der Waals surface area contributed by atoms with Crippen LogP contribution in [-0.2, 0) is 16.3 Å². The lowest BCUT2D eigenvalue weighted by molar-refractivity contribution is 0.102. The predicted molar refractivity (Wildman–Crippen MR) is 116 cm³/mol. The Labute approximate surface area is 179 Å². The zero-order valence-electron chi connectivity index (χ0n) is 16.6. The van der Waals surface area contributed by atoms with Gasteiger partial charge in [0.05, 0.1) is 11.3 Å². The number of amides is 1. The molecule has 0 fully saturated rings. The van der Waals surface area contributed by atoms with E-state index in [9.17, 15) is 13.2 Å². The van der Waals surface area contributed by atoms with Crippen molar-refractivity contribution in [2.24, 2.45) is 0 Å². The molecule has 0 aliphatic carbocycles. The third-order valence-electron chi connectivity index (χ3n) is 4.65. The molecule has 3 aromatic carbocycles. The van der Waals surface area contributed by atoms with Crippen LogP contribution in [0.2, 0.25) is 0 Å². The van der Waals surface area contributed by atoms with E-state index in [0.29, 0.717) is 17.9 Å². The van der Waals surface area contributed by atoms with Crippen LogP contribution in [0.5, 0.6) is 0 Å². The molecule has 0 saturated heterocycles. The summed E-state index contributed by atoms with van der Waals surface area (Å²) >= 11 is 0. The molecule has 0 atom stereocenters. The molecular weight excluding hydrogens is 414 g/mol. The van der Waals surface area contributed by atoms with E-state index in [-0.39, 0.29) is 16.8 Å². The maximum atomic E-state index is 12.5. The van der Waals surface area contributed by atoms with Crippen LogP contribution in [0.25, 0.3) is 11.1 Å². The normalized spacial score (nSPS) is 11.3. The van der Waals surface area contributed by atoms with Crippen molar-refractivity contribution in [2.45, 2.75) is 11.3 Å². The average Bonchev–Trinajstić information content (AvgIpc) is 3.21. The van der Waals surface area contributed by atoms with Gasteiger partial charge < -0.3 is 4.42 Å². The van der Waals surface area contributed by atoms with E-state index in [1.807, 2.05) is 42.5 Å². The number of nitrogens with one attached hydrogen (secondary N) is 1. The first kappa shape index (κ1) is 20.5. The van der Waals surface area contributed by atoms with Crippen molar-refractivity contribution in [3.05, 3.63) is 95.9 Å². The Bertz CT molecular complexity index is 1300. The minimum absolute atomic E-state index is 0.0001000. The zero-order valence-corrected chi connectivity index (χ0v) is 17.5. The highest BCUT2D eigenvalue weighted by Gasteiger charge is 2.13. The third-order valence-corrected chi connectivity index (χ3v) is 5.78. The van der Waals surface area contributed by atoms with E-state index in [2.05, 4.69) is 15.5 Å². The van der Waals surface area contributed by atoms with Crippen molar-refractivity contribution in [3.63, 3.8) is 0 Å². The standard InChI is InChI=1S/C23H19N3O4S/c1-31(28,29)20-13-7-16(8-14-20)15-21-25-26-23(30-21)24-22(27)19-11-9-18(10-12-19)17-5-3-2-4-6-17/h2-14H,15H2,1H3,(H,24,26,27). The van der Waals surface area contributed by atoms with Gasteiger partial charge in [0.25, 0.3) is 5.91 Å². The molecule has 0 aliphatic rings. The Morgan fingerprint density at radius 3 is 2.16 bits per heavy atom.